The van der Waals surface area contributed by atoms with E-state index in [0.29, 0.717) is 44.1 Å². The Bertz CT molecular complexity index is 916. The van der Waals surface area contributed by atoms with Crippen molar-refractivity contribution in [3.8, 4) is 17.2 Å². The molecule has 0 bridgehead atoms. The van der Waals surface area contributed by atoms with Gasteiger partial charge < -0.3 is 14.2 Å². The van der Waals surface area contributed by atoms with E-state index in [1.807, 2.05) is 56.3 Å². The molecule has 0 aromatic heterocycles. The lowest BCUT2D eigenvalue weighted by molar-refractivity contribution is -0.127. The fourth-order valence-electron chi connectivity index (χ4n) is 3.26. The molecular weight excluding hydrogens is 412 g/mol. The number of aryl methyl sites for hydroxylation is 1. The van der Waals surface area contributed by atoms with E-state index in [2.05, 4.69) is 0 Å². The van der Waals surface area contributed by atoms with Gasteiger partial charge in [0.1, 0.15) is 11.4 Å². The first-order valence-electron chi connectivity index (χ1n) is 10.6. The average molecular weight is 443 g/mol. The Morgan fingerprint density at radius 2 is 1.90 bits per heavy atom. The van der Waals surface area contributed by atoms with Crippen molar-refractivity contribution in [3.05, 3.63) is 48.0 Å². The Kier molecular flexibility index (Phi) is 8.64. The van der Waals surface area contributed by atoms with Gasteiger partial charge in [0.05, 0.1) is 20.3 Å². The van der Waals surface area contributed by atoms with Crippen molar-refractivity contribution >= 4 is 28.5 Å². The van der Waals surface area contributed by atoms with Crippen LogP contribution in [-0.2, 0) is 4.79 Å². The van der Waals surface area contributed by atoms with Gasteiger partial charge in [0.2, 0.25) is 5.91 Å². The molecule has 0 unspecified atom stereocenters. The van der Waals surface area contributed by atoms with E-state index in [1.165, 1.54) is 0 Å². The van der Waals surface area contributed by atoms with E-state index >= 15 is 0 Å². The Labute approximate surface area is 188 Å². The highest BCUT2D eigenvalue weighted by molar-refractivity contribution is 8.13. The lowest BCUT2D eigenvalue weighted by Gasteiger charge is -2.28. The third-order valence-electron chi connectivity index (χ3n) is 4.78. The van der Waals surface area contributed by atoms with E-state index in [9.17, 15) is 4.79 Å². The van der Waals surface area contributed by atoms with Crippen LogP contribution in [0.2, 0.25) is 0 Å². The number of ether oxygens (including phenoxy) is 3. The SMILES string of the molecule is CCOc1ccccc1OCCCC(=O)N1CCCSC1=Nc1cc(C)ccc1OC. The molecule has 0 N–H and O–H groups in total. The van der Waals surface area contributed by atoms with E-state index in [1.54, 1.807) is 23.8 Å². The number of aliphatic imine (C=N–C) groups is 1. The molecule has 7 heteroatoms. The van der Waals surface area contributed by atoms with Crippen LogP contribution in [0.15, 0.2) is 47.5 Å². The van der Waals surface area contributed by atoms with Crippen LogP contribution >= 0.6 is 11.8 Å². The first kappa shape index (κ1) is 23.0. The number of carbonyl (C=O) groups is 1. The smallest absolute Gasteiger partial charge is 0.228 e. The third kappa shape index (κ3) is 6.40. The number of benzene rings is 2. The molecule has 0 aliphatic carbocycles. The number of rotatable bonds is 9. The van der Waals surface area contributed by atoms with Gasteiger partial charge >= 0.3 is 0 Å². The zero-order chi connectivity index (χ0) is 22.1. The van der Waals surface area contributed by atoms with Crippen molar-refractivity contribution in [2.24, 2.45) is 4.99 Å². The van der Waals surface area contributed by atoms with Crippen molar-refractivity contribution < 1.29 is 19.0 Å². The van der Waals surface area contributed by atoms with Gasteiger partial charge in [-0.15, -0.1) is 0 Å². The van der Waals surface area contributed by atoms with Crippen molar-refractivity contribution in [1.29, 1.82) is 0 Å². The number of amides is 1. The minimum absolute atomic E-state index is 0.0688. The van der Waals surface area contributed by atoms with E-state index in [0.717, 1.165) is 34.3 Å². The van der Waals surface area contributed by atoms with Crippen molar-refractivity contribution in [2.75, 3.05) is 32.6 Å². The van der Waals surface area contributed by atoms with Crippen LogP contribution in [0.3, 0.4) is 0 Å². The topological polar surface area (TPSA) is 60.4 Å². The summed E-state index contributed by atoms with van der Waals surface area (Å²) in [4.78, 5) is 19.5. The first-order chi connectivity index (χ1) is 15.1. The lowest BCUT2D eigenvalue weighted by Crippen LogP contribution is -2.39. The summed E-state index contributed by atoms with van der Waals surface area (Å²) in [5.41, 5.74) is 1.85. The fourth-order valence-corrected chi connectivity index (χ4v) is 4.23. The zero-order valence-electron chi connectivity index (χ0n) is 18.4. The Balaban J connectivity index is 1.60. The number of methoxy groups -OCH3 is 1. The molecule has 1 amide bonds. The number of para-hydroxylation sites is 2. The summed E-state index contributed by atoms with van der Waals surface area (Å²) in [5, 5.41) is 0.739. The quantitative estimate of drug-likeness (QED) is 0.499. The molecule has 1 aliphatic heterocycles. The highest BCUT2D eigenvalue weighted by Crippen LogP contribution is 2.31. The van der Waals surface area contributed by atoms with Crippen molar-refractivity contribution in [1.82, 2.24) is 4.90 Å². The number of hydrogen-bond acceptors (Lipinski definition) is 6. The lowest BCUT2D eigenvalue weighted by atomic mass is 10.2. The van der Waals surface area contributed by atoms with Gasteiger partial charge in [0, 0.05) is 18.7 Å². The average Bonchev–Trinajstić information content (AvgIpc) is 2.78. The summed E-state index contributed by atoms with van der Waals surface area (Å²) >= 11 is 1.61. The van der Waals surface area contributed by atoms with E-state index in [-0.39, 0.29) is 5.91 Å². The maximum absolute atomic E-state index is 12.9. The zero-order valence-corrected chi connectivity index (χ0v) is 19.2. The second kappa shape index (κ2) is 11.6. The number of hydrogen-bond donors (Lipinski definition) is 0. The molecule has 6 nitrogen and oxygen atoms in total. The van der Waals surface area contributed by atoms with Crippen molar-refractivity contribution in [2.45, 2.75) is 33.1 Å². The molecule has 1 fully saturated rings. The van der Waals surface area contributed by atoms with E-state index in [4.69, 9.17) is 19.2 Å². The normalized spacial score (nSPS) is 15.1. The molecular formula is C24H30N2O4S. The third-order valence-corrected chi connectivity index (χ3v) is 5.84. The Morgan fingerprint density at radius 1 is 1.13 bits per heavy atom. The van der Waals surface area contributed by atoms with Gasteiger partial charge in [-0.05, 0) is 56.5 Å². The minimum Gasteiger partial charge on any atom is -0.494 e. The summed E-state index contributed by atoms with van der Waals surface area (Å²) in [6, 6.07) is 13.5. The molecule has 1 aliphatic rings. The molecule has 3 rings (SSSR count). The molecule has 0 saturated carbocycles. The molecule has 0 radical (unpaired) electrons. The van der Waals surface area contributed by atoms with Gasteiger partial charge in [-0.25, -0.2) is 4.99 Å². The van der Waals surface area contributed by atoms with Crippen LogP contribution < -0.4 is 14.2 Å². The number of carbonyl (C=O) groups excluding carboxylic acids is 1. The maximum Gasteiger partial charge on any atom is 0.228 e. The number of nitrogens with zero attached hydrogens (tertiary/aromatic N) is 2. The fraction of sp³-hybridized carbons (Fsp3) is 0.417. The van der Waals surface area contributed by atoms with Gasteiger partial charge in [-0.3, -0.25) is 9.69 Å². The largest absolute Gasteiger partial charge is 0.494 e. The van der Waals surface area contributed by atoms with Gasteiger partial charge in [-0.2, -0.15) is 0 Å². The van der Waals surface area contributed by atoms with Gasteiger partial charge in [-0.1, -0.05) is 30.0 Å². The Hall–Kier alpha value is -2.67. The van der Waals surface area contributed by atoms with Crippen LogP contribution in [0.5, 0.6) is 17.2 Å². The summed E-state index contributed by atoms with van der Waals surface area (Å²) in [6.07, 6.45) is 1.99. The predicted octanol–water partition coefficient (Wildman–Crippen LogP) is 5.21. The predicted molar refractivity (Wildman–Crippen MR) is 126 cm³/mol. The molecule has 2 aromatic rings. The summed E-state index contributed by atoms with van der Waals surface area (Å²) in [5.74, 6) is 3.16. The van der Waals surface area contributed by atoms with Crippen molar-refractivity contribution in [3.63, 3.8) is 0 Å². The van der Waals surface area contributed by atoms with Crippen LogP contribution in [0.4, 0.5) is 5.69 Å². The highest BCUT2D eigenvalue weighted by atomic mass is 32.2. The van der Waals surface area contributed by atoms with Gasteiger partial charge in [0.25, 0.3) is 0 Å². The van der Waals surface area contributed by atoms with Crippen LogP contribution in [-0.4, -0.2) is 48.6 Å². The molecule has 1 heterocycles. The molecule has 0 atom stereocenters. The standard InChI is InChI=1S/C24H30N2O4S/c1-4-29-21-9-5-6-10-22(21)30-15-7-11-23(27)26-14-8-16-31-24(26)25-19-17-18(2)12-13-20(19)28-3/h5-6,9-10,12-13,17H,4,7-8,11,14-16H2,1-3H3. The van der Waals surface area contributed by atoms with Gasteiger partial charge in [0.15, 0.2) is 16.7 Å². The molecule has 0 spiro atoms. The van der Waals surface area contributed by atoms with Crippen LogP contribution in [0.1, 0.15) is 31.7 Å². The maximum atomic E-state index is 12.9. The Morgan fingerprint density at radius 3 is 2.65 bits per heavy atom. The van der Waals surface area contributed by atoms with Crippen LogP contribution in [0, 0.1) is 6.92 Å². The second-order valence-electron chi connectivity index (χ2n) is 7.15. The molecule has 31 heavy (non-hydrogen) atoms. The molecule has 166 valence electrons. The summed E-state index contributed by atoms with van der Waals surface area (Å²) in [6.45, 7) is 5.68. The molecule has 2 aromatic carbocycles. The second-order valence-corrected chi connectivity index (χ2v) is 8.21. The summed E-state index contributed by atoms with van der Waals surface area (Å²) < 4.78 is 16.9. The number of amidine groups is 1. The summed E-state index contributed by atoms with van der Waals surface area (Å²) in [7, 11) is 1.63. The minimum atomic E-state index is 0.0688. The number of thioether (sulfide) groups is 1. The van der Waals surface area contributed by atoms with Crippen LogP contribution in [0.25, 0.3) is 0 Å². The monoisotopic (exact) mass is 442 g/mol. The highest BCUT2D eigenvalue weighted by Gasteiger charge is 2.24. The molecule has 1 saturated heterocycles. The first-order valence-corrected chi connectivity index (χ1v) is 11.6. The van der Waals surface area contributed by atoms with E-state index < -0.39 is 0 Å².